The van der Waals surface area contributed by atoms with E-state index in [1.165, 1.54) is 0 Å². The van der Waals surface area contributed by atoms with Crippen LogP contribution in [0.2, 0.25) is 0 Å². The summed E-state index contributed by atoms with van der Waals surface area (Å²) in [5, 5.41) is 5.71. The van der Waals surface area contributed by atoms with Crippen molar-refractivity contribution < 1.29 is 9.59 Å². The number of benzene rings is 1. The Morgan fingerprint density at radius 3 is 2.48 bits per heavy atom. The van der Waals surface area contributed by atoms with Crippen LogP contribution in [-0.4, -0.2) is 33.9 Å². The van der Waals surface area contributed by atoms with Crippen molar-refractivity contribution in [1.82, 2.24) is 20.6 Å². The molecule has 3 rings (SSSR count). The Morgan fingerprint density at radius 2 is 1.83 bits per heavy atom. The fourth-order valence-electron chi connectivity index (χ4n) is 2.93. The van der Waals surface area contributed by atoms with E-state index in [0.717, 1.165) is 11.3 Å². The van der Waals surface area contributed by atoms with Gasteiger partial charge in [0.1, 0.15) is 12.1 Å². The van der Waals surface area contributed by atoms with Gasteiger partial charge in [0.25, 0.3) is 0 Å². The normalized spacial score (nSPS) is 21.7. The molecule has 1 aromatic heterocycles. The Kier molecular flexibility index (Phi) is 3.90. The van der Waals surface area contributed by atoms with Crippen molar-refractivity contribution in [3.05, 3.63) is 54.1 Å². The number of hydrogen-bond donors (Lipinski definition) is 3. The van der Waals surface area contributed by atoms with E-state index >= 15 is 0 Å². The van der Waals surface area contributed by atoms with E-state index in [-0.39, 0.29) is 11.8 Å². The number of carbonyl (C=O) groups excluding carboxylic acids is 2. The van der Waals surface area contributed by atoms with E-state index in [0.29, 0.717) is 6.42 Å². The molecule has 2 aromatic rings. The summed E-state index contributed by atoms with van der Waals surface area (Å²) in [6.07, 6.45) is 3.61. The third-order valence-corrected chi connectivity index (χ3v) is 4.40. The zero-order valence-electron chi connectivity index (χ0n) is 13.2. The lowest BCUT2D eigenvalue weighted by Crippen LogP contribution is -2.67. The molecule has 1 saturated heterocycles. The minimum Gasteiger partial charge on any atom is -0.348 e. The molecule has 0 bridgehead atoms. The van der Waals surface area contributed by atoms with E-state index in [1.54, 1.807) is 12.5 Å². The number of hydrogen-bond acceptors (Lipinski definition) is 3. The quantitative estimate of drug-likeness (QED) is 0.784. The summed E-state index contributed by atoms with van der Waals surface area (Å²) in [6.45, 7) is 3.92. The Morgan fingerprint density at radius 1 is 1.09 bits per heavy atom. The number of nitrogens with one attached hydrogen (secondary N) is 3. The van der Waals surface area contributed by atoms with Gasteiger partial charge in [0.2, 0.25) is 11.8 Å². The van der Waals surface area contributed by atoms with Crippen LogP contribution in [0.1, 0.15) is 25.1 Å². The highest BCUT2D eigenvalue weighted by atomic mass is 16.2. The van der Waals surface area contributed by atoms with Gasteiger partial charge in [-0.15, -0.1) is 0 Å². The third kappa shape index (κ3) is 2.97. The molecule has 2 atom stereocenters. The molecular weight excluding hydrogens is 292 g/mol. The standard InChI is InChI=1S/C17H20N4O2/c1-17(2,11-6-4-3-5-7-11)14-16(23)20-13(15(22)21-14)8-12-9-18-10-19-12/h3-7,9-10,13-14H,8H2,1-2H3,(H,18,19)(H,20,23)(H,21,22). The fraction of sp³-hybridized carbons (Fsp3) is 0.353. The topological polar surface area (TPSA) is 86.9 Å². The second kappa shape index (κ2) is 5.87. The number of H-pyrrole nitrogens is 1. The van der Waals surface area contributed by atoms with Gasteiger partial charge in [-0.2, -0.15) is 0 Å². The van der Waals surface area contributed by atoms with Crippen LogP contribution in [-0.2, 0) is 21.4 Å². The highest BCUT2D eigenvalue weighted by Gasteiger charge is 2.43. The molecule has 2 heterocycles. The molecule has 6 heteroatoms. The van der Waals surface area contributed by atoms with Crippen molar-refractivity contribution in [3.63, 3.8) is 0 Å². The molecule has 120 valence electrons. The number of amides is 2. The number of imidazole rings is 1. The van der Waals surface area contributed by atoms with Crippen LogP contribution in [0.4, 0.5) is 0 Å². The highest BCUT2D eigenvalue weighted by Crippen LogP contribution is 2.28. The average Bonchev–Trinajstić information content (AvgIpc) is 3.04. The van der Waals surface area contributed by atoms with Gasteiger partial charge < -0.3 is 15.6 Å². The van der Waals surface area contributed by atoms with E-state index in [4.69, 9.17) is 0 Å². The fourth-order valence-corrected chi connectivity index (χ4v) is 2.93. The minimum atomic E-state index is -0.601. The van der Waals surface area contributed by atoms with Gasteiger partial charge in [-0.05, 0) is 5.56 Å². The molecule has 23 heavy (non-hydrogen) atoms. The largest absolute Gasteiger partial charge is 0.348 e. The first-order chi connectivity index (χ1) is 11.0. The summed E-state index contributed by atoms with van der Waals surface area (Å²) in [7, 11) is 0. The van der Waals surface area contributed by atoms with E-state index in [1.807, 2.05) is 44.2 Å². The van der Waals surface area contributed by atoms with E-state index < -0.39 is 17.5 Å². The molecule has 0 saturated carbocycles. The maximum atomic E-state index is 12.5. The molecule has 6 nitrogen and oxygen atoms in total. The number of rotatable bonds is 4. The lowest BCUT2D eigenvalue weighted by Gasteiger charge is -2.39. The second-order valence-electron chi connectivity index (χ2n) is 6.37. The van der Waals surface area contributed by atoms with Gasteiger partial charge >= 0.3 is 0 Å². The van der Waals surface area contributed by atoms with Crippen molar-refractivity contribution >= 4 is 11.8 Å². The van der Waals surface area contributed by atoms with Crippen molar-refractivity contribution in [3.8, 4) is 0 Å². The predicted molar refractivity (Wildman–Crippen MR) is 85.6 cm³/mol. The Balaban J connectivity index is 1.77. The third-order valence-electron chi connectivity index (χ3n) is 4.40. The maximum Gasteiger partial charge on any atom is 0.244 e. The van der Waals surface area contributed by atoms with Crippen molar-refractivity contribution in [2.24, 2.45) is 0 Å². The summed E-state index contributed by atoms with van der Waals surface area (Å²) < 4.78 is 0. The van der Waals surface area contributed by atoms with Crippen LogP contribution in [0, 0.1) is 0 Å². The summed E-state index contributed by atoms with van der Waals surface area (Å²) in [6, 6.07) is 8.55. The monoisotopic (exact) mass is 312 g/mol. The van der Waals surface area contributed by atoms with Crippen molar-refractivity contribution in [1.29, 1.82) is 0 Å². The summed E-state index contributed by atoms with van der Waals surface area (Å²) in [5.41, 5.74) is 1.32. The van der Waals surface area contributed by atoms with Crippen LogP contribution in [0.15, 0.2) is 42.9 Å². The molecule has 0 aliphatic carbocycles. The van der Waals surface area contributed by atoms with Gasteiger partial charge in [-0.3, -0.25) is 9.59 Å². The SMILES string of the molecule is CC(C)(c1ccccc1)C1NC(=O)C(Cc2cnc[nH]2)NC1=O. The van der Waals surface area contributed by atoms with E-state index in [9.17, 15) is 9.59 Å². The molecule has 1 aliphatic rings. The molecular formula is C17H20N4O2. The van der Waals surface area contributed by atoms with Gasteiger partial charge in [0, 0.05) is 23.7 Å². The number of piperazine rings is 1. The van der Waals surface area contributed by atoms with E-state index in [2.05, 4.69) is 20.6 Å². The lowest BCUT2D eigenvalue weighted by molar-refractivity contribution is -0.138. The van der Waals surface area contributed by atoms with Gasteiger partial charge in [-0.1, -0.05) is 44.2 Å². The molecule has 2 amide bonds. The zero-order valence-corrected chi connectivity index (χ0v) is 13.2. The zero-order chi connectivity index (χ0) is 16.4. The maximum absolute atomic E-state index is 12.5. The second-order valence-corrected chi connectivity index (χ2v) is 6.37. The van der Waals surface area contributed by atoms with Gasteiger partial charge in [-0.25, -0.2) is 4.98 Å². The first-order valence-electron chi connectivity index (χ1n) is 7.62. The van der Waals surface area contributed by atoms with Crippen molar-refractivity contribution in [2.45, 2.75) is 37.8 Å². The minimum absolute atomic E-state index is 0.164. The number of aromatic nitrogens is 2. The highest BCUT2D eigenvalue weighted by molar-refractivity contribution is 5.98. The summed E-state index contributed by atoms with van der Waals surface area (Å²) in [5.74, 6) is -0.337. The molecule has 2 unspecified atom stereocenters. The lowest BCUT2D eigenvalue weighted by atomic mass is 9.76. The van der Waals surface area contributed by atoms with Crippen LogP contribution >= 0.6 is 0 Å². The van der Waals surface area contributed by atoms with Crippen LogP contribution < -0.4 is 10.6 Å². The van der Waals surface area contributed by atoms with Crippen LogP contribution in [0.5, 0.6) is 0 Å². The number of nitrogens with zero attached hydrogens (tertiary/aromatic N) is 1. The Bertz CT molecular complexity index is 695. The van der Waals surface area contributed by atoms with Gasteiger partial charge in [0.05, 0.1) is 6.33 Å². The Labute approximate surface area is 134 Å². The first-order valence-corrected chi connectivity index (χ1v) is 7.62. The molecule has 0 radical (unpaired) electrons. The molecule has 1 aliphatic heterocycles. The number of aromatic amines is 1. The first kappa shape index (κ1) is 15.3. The number of carbonyl (C=O) groups is 2. The molecule has 1 fully saturated rings. The molecule has 0 spiro atoms. The smallest absolute Gasteiger partial charge is 0.244 e. The molecule has 3 N–H and O–H groups in total. The van der Waals surface area contributed by atoms with Crippen molar-refractivity contribution in [2.75, 3.05) is 0 Å². The van der Waals surface area contributed by atoms with Crippen LogP contribution in [0.25, 0.3) is 0 Å². The summed E-state index contributed by atoms with van der Waals surface area (Å²) >= 11 is 0. The van der Waals surface area contributed by atoms with Gasteiger partial charge in [0.15, 0.2) is 0 Å². The summed E-state index contributed by atoms with van der Waals surface area (Å²) in [4.78, 5) is 31.8. The predicted octanol–water partition coefficient (Wildman–Crippen LogP) is 0.913. The Hall–Kier alpha value is -2.63. The average molecular weight is 312 g/mol. The van der Waals surface area contributed by atoms with Crippen LogP contribution in [0.3, 0.4) is 0 Å². The molecule has 1 aromatic carbocycles.